The summed E-state index contributed by atoms with van der Waals surface area (Å²) >= 11 is 0. The van der Waals surface area contributed by atoms with Crippen LogP contribution in [0.25, 0.3) is 10.8 Å². The zero-order valence-electron chi connectivity index (χ0n) is 11.1. The highest BCUT2D eigenvalue weighted by Crippen LogP contribution is 2.29. The first kappa shape index (κ1) is 12.8. The molecule has 1 atom stereocenters. The van der Waals surface area contributed by atoms with E-state index in [-0.39, 0.29) is 5.82 Å². The topological polar surface area (TPSA) is 38.0 Å². The first-order chi connectivity index (χ1) is 9.72. The molecule has 0 radical (unpaired) electrons. The van der Waals surface area contributed by atoms with E-state index in [1.165, 1.54) is 6.07 Å². The van der Waals surface area contributed by atoms with E-state index in [4.69, 9.17) is 0 Å². The Morgan fingerprint density at radius 3 is 2.70 bits per heavy atom. The molecule has 0 aliphatic carbocycles. The molecule has 4 heteroatoms. The molecule has 0 saturated heterocycles. The number of aliphatic hydroxyl groups excluding tert-OH is 1. The summed E-state index contributed by atoms with van der Waals surface area (Å²) in [5.74, 6) is 0.291. The third-order valence-corrected chi connectivity index (χ3v) is 3.53. The number of aliphatic hydroxyl groups is 1. The maximum atomic E-state index is 13.8. The van der Waals surface area contributed by atoms with Gasteiger partial charge in [0.25, 0.3) is 0 Å². The minimum atomic E-state index is -0.865. The van der Waals surface area contributed by atoms with Crippen molar-refractivity contribution in [1.29, 1.82) is 0 Å². The van der Waals surface area contributed by atoms with Crippen LogP contribution in [0.2, 0.25) is 0 Å². The molecular weight excluding hydrogens is 255 g/mol. The molecule has 20 heavy (non-hydrogen) atoms. The van der Waals surface area contributed by atoms with Crippen LogP contribution in [0.1, 0.15) is 24.4 Å². The van der Waals surface area contributed by atoms with Gasteiger partial charge in [0.05, 0.1) is 0 Å². The van der Waals surface area contributed by atoms with Gasteiger partial charge in [-0.25, -0.2) is 9.37 Å². The smallest absolute Gasteiger partial charge is 0.142 e. The lowest BCUT2D eigenvalue weighted by molar-refractivity contribution is 0.206. The molecule has 102 valence electrons. The summed E-state index contributed by atoms with van der Waals surface area (Å²) in [7, 11) is 0. The number of aromatic nitrogens is 2. The highest BCUT2D eigenvalue weighted by molar-refractivity contribution is 5.86. The van der Waals surface area contributed by atoms with Gasteiger partial charge in [-0.1, -0.05) is 30.3 Å². The Morgan fingerprint density at radius 1 is 1.20 bits per heavy atom. The summed E-state index contributed by atoms with van der Waals surface area (Å²) in [5.41, 5.74) is 0.669. The minimum Gasteiger partial charge on any atom is -0.380 e. The predicted molar refractivity (Wildman–Crippen MR) is 75.9 cm³/mol. The average Bonchev–Trinajstić information content (AvgIpc) is 2.96. The van der Waals surface area contributed by atoms with Crippen molar-refractivity contribution in [1.82, 2.24) is 9.55 Å². The Labute approximate surface area is 116 Å². The van der Waals surface area contributed by atoms with E-state index in [1.807, 2.05) is 29.8 Å². The third kappa shape index (κ3) is 1.98. The molecule has 0 aliphatic heterocycles. The molecule has 3 rings (SSSR count). The first-order valence-corrected chi connectivity index (χ1v) is 6.58. The molecule has 1 aromatic heterocycles. The molecule has 0 bridgehead atoms. The quantitative estimate of drug-likeness (QED) is 0.793. The summed E-state index contributed by atoms with van der Waals surface area (Å²) in [4.78, 5) is 4.21. The Balaban J connectivity index is 2.17. The van der Waals surface area contributed by atoms with Crippen molar-refractivity contribution in [3.05, 3.63) is 66.0 Å². The molecule has 0 amide bonds. The predicted octanol–water partition coefficient (Wildman–Crippen LogP) is 3.28. The lowest BCUT2D eigenvalue weighted by Crippen LogP contribution is -2.09. The summed E-state index contributed by atoms with van der Waals surface area (Å²) in [6, 6.07) is 10.2. The molecule has 1 heterocycles. The van der Waals surface area contributed by atoms with E-state index in [1.54, 1.807) is 24.4 Å². The number of hydrogen-bond acceptors (Lipinski definition) is 2. The van der Waals surface area contributed by atoms with Gasteiger partial charge in [0.2, 0.25) is 0 Å². The zero-order chi connectivity index (χ0) is 14.1. The zero-order valence-corrected chi connectivity index (χ0v) is 11.1. The fourth-order valence-corrected chi connectivity index (χ4v) is 2.50. The van der Waals surface area contributed by atoms with Crippen molar-refractivity contribution < 1.29 is 9.50 Å². The molecule has 0 spiro atoms. The standard InChI is InChI=1S/C16H15FN2O/c1-2-19-10-9-18-16(19)15(20)13-7-8-14(17)12-6-4-3-5-11(12)13/h3-10,15,20H,2H2,1H3. The number of nitrogens with zero attached hydrogens (tertiary/aromatic N) is 2. The summed E-state index contributed by atoms with van der Waals surface area (Å²) < 4.78 is 15.7. The molecule has 3 nitrogen and oxygen atoms in total. The van der Waals surface area contributed by atoms with Crippen LogP contribution in [0.15, 0.2) is 48.8 Å². The van der Waals surface area contributed by atoms with Crippen molar-refractivity contribution >= 4 is 10.8 Å². The van der Waals surface area contributed by atoms with Crippen LogP contribution in [-0.4, -0.2) is 14.7 Å². The van der Waals surface area contributed by atoms with Gasteiger partial charge < -0.3 is 9.67 Å². The Hall–Kier alpha value is -2.20. The van der Waals surface area contributed by atoms with Crippen molar-refractivity contribution in [3.8, 4) is 0 Å². The normalized spacial score (nSPS) is 12.8. The number of fused-ring (bicyclic) bond motifs is 1. The van der Waals surface area contributed by atoms with Crippen LogP contribution in [-0.2, 0) is 6.54 Å². The summed E-state index contributed by atoms with van der Waals surface area (Å²) in [5, 5.41) is 11.8. The molecular formula is C16H15FN2O. The maximum Gasteiger partial charge on any atom is 0.142 e. The second kappa shape index (κ2) is 5.06. The van der Waals surface area contributed by atoms with Crippen LogP contribution in [0.4, 0.5) is 4.39 Å². The summed E-state index contributed by atoms with van der Waals surface area (Å²) in [6.45, 7) is 2.71. The van der Waals surface area contributed by atoms with Gasteiger partial charge in [-0.15, -0.1) is 0 Å². The number of rotatable bonds is 3. The van der Waals surface area contributed by atoms with Crippen molar-refractivity contribution in [2.75, 3.05) is 0 Å². The van der Waals surface area contributed by atoms with E-state index in [2.05, 4.69) is 4.98 Å². The molecule has 2 aromatic carbocycles. The molecule has 1 unspecified atom stereocenters. The molecule has 1 N–H and O–H groups in total. The van der Waals surface area contributed by atoms with E-state index in [9.17, 15) is 9.50 Å². The third-order valence-electron chi connectivity index (χ3n) is 3.53. The van der Waals surface area contributed by atoms with Gasteiger partial charge in [0.1, 0.15) is 17.7 Å². The fourth-order valence-electron chi connectivity index (χ4n) is 2.50. The highest BCUT2D eigenvalue weighted by Gasteiger charge is 2.18. The molecule has 3 aromatic rings. The van der Waals surface area contributed by atoms with Crippen LogP contribution < -0.4 is 0 Å². The minimum absolute atomic E-state index is 0.282. The lowest BCUT2D eigenvalue weighted by Gasteiger charge is -2.15. The monoisotopic (exact) mass is 270 g/mol. The van der Waals surface area contributed by atoms with Crippen molar-refractivity contribution in [2.45, 2.75) is 19.6 Å². The highest BCUT2D eigenvalue weighted by atomic mass is 19.1. The van der Waals surface area contributed by atoms with E-state index < -0.39 is 6.10 Å². The molecule has 0 saturated carbocycles. The number of benzene rings is 2. The second-order valence-electron chi connectivity index (χ2n) is 4.66. The van der Waals surface area contributed by atoms with Gasteiger partial charge in [-0.05, 0) is 23.9 Å². The largest absolute Gasteiger partial charge is 0.380 e. The fraction of sp³-hybridized carbons (Fsp3) is 0.188. The lowest BCUT2D eigenvalue weighted by atomic mass is 9.99. The van der Waals surface area contributed by atoms with Gasteiger partial charge in [-0.2, -0.15) is 0 Å². The maximum absolute atomic E-state index is 13.8. The number of imidazole rings is 1. The van der Waals surface area contributed by atoms with Crippen LogP contribution in [0, 0.1) is 5.82 Å². The van der Waals surface area contributed by atoms with Gasteiger partial charge in [-0.3, -0.25) is 0 Å². The first-order valence-electron chi connectivity index (χ1n) is 6.58. The summed E-state index contributed by atoms with van der Waals surface area (Å²) in [6.07, 6.45) is 2.62. The number of halogens is 1. The second-order valence-corrected chi connectivity index (χ2v) is 4.66. The van der Waals surface area contributed by atoms with Crippen molar-refractivity contribution in [2.24, 2.45) is 0 Å². The number of aryl methyl sites for hydroxylation is 1. The Kier molecular flexibility index (Phi) is 3.24. The average molecular weight is 270 g/mol. The van der Waals surface area contributed by atoms with E-state index in [0.29, 0.717) is 22.2 Å². The van der Waals surface area contributed by atoms with E-state index >= 15 is 0 Å². The molecule has 0 fully saturated rings. The Morgan fingerprint density at radius 2 is 1.95 bits per heavy atom. The molecule has 0 aliphatic rings. The van der Waals surface area contributed by atoms with Gasteiger partial charge >= 0.3 is 0 Å². The van der Waals surface area contributed by atoms with E-state index in [0.717, 1.165) is 6.54 Å². The van der Waals surface area contributed by atoms with Crippen molar-refractivity contribution in [3.63, 3.8) is 0 Å². The van der Waals surface area contributed by atoms with Gasteiger partial charge in [0, 0.05) is 24.3 Å². The van der Waals surface area contributed by atoms with Crippen LogP contribution in [0.5, 0.6) is 0 Å². The SMILES string of the molecule is CCn1ccnc1C(O)c1ccc(F)c2ccccc12. The van der Waals surface area contributed by atoms with Gasteiger partial charge in [0.15, 0.2) is 0 Å². The Bertz CT molecular complexity index is 751. The van der Waals surface area contributed by atoms with Crippen LogP contribution in [0.3, 0.4) is 0 Å². The van der Waals surface area contributed by atoms with Crippen LogP contribution >= 0.6 is 0 Å². The number of hydrogen-bond donors (Lipinski definition) is 1.